The SMILES string of the molecule is CCOc1c(C)c(C)cc(O)c1O. The largest absolute Gasteiger partial charge is 0.504 e. The Morgan fingerprint density at radius 1 is 1.31 bits per heavy atom. The molecule has 72 valence electrons. The summed E-state index contributed by atoms with van der Waals surface area (Å²) in [6, 6.07) is 1.52. The molecule has 1 aromatic carbocycles. The Morgan fingerprint density at radius 3 is 2.46 bits per heavy atom. The van der Waals surface area contributed by atoms with Gasteiger partial charge in [0.2, 0.25) is 5.75 Å². The van der Waals surface area contributed by atoms with Gasteiger partial charge >= 0.3 is 0 Å². The van der Waals surface area contributed by atoms with E-state index in [1.165, 1.54) is 6.07 Å². The fourth-order valence-electron chi connectivity index (χ4n) is 1.18. The zero-order valence-corrected chi connectivity index (χ0v) is 8.09. The van der Waals surface area contributed by atoms with Gasteiger partial charge in [0.25, 0.3) is 0 Å². The molecule has 0 aliphatic rings. The van der Waals surface area contributed by atoms with Crippen molar-refractivity contribution >= 4 is 0 Å². The first-order chi connectivity index (χ1) is 6.07. The van der Waals surface area contributed by atoms with Crippen LogP contribution in [0.3, 0.4) is 0 Å². The molecule has 0 aromatic heterocycles. The van der Waals surface area contributed by atoms with Crippen LogP contribution in [0, 0.1) is 13.8 Å². The maximum atomic E-state index is 9.46. The van der Waals surface area contributed by atoms with Crippen molar-refractivity contribution in [3.63, 3.8) is 0 Å². The van der Waals surface area contributed by atoms with E-state index in [0.717, 1.165) is 11.1 Å². The van der Waals surface area contributed by atoms with E-state index in [2.05, 4.69) is 0 Å². The van der Waals surface area contributed by atoms with Gasteiger partial charge in [-0.3, -0.25) is 0 Å². The molecule has 0 bridgehead atoms. The van der Waals surface area contributed by atoms with Gasteiger partial charge in [-0.25, -0.2) is 0 Å². The smallest absolute Gasteiger partial charge is 0.200 e. The van der Waals surface area contributed by atoms with Crippen LogP contribution < -0.4 is 4.74 Å². The van der Waals surface area contributed by atoms with E-state index in [4.69, 9.17) is 4.74 Å². The summed E-state index contributed by atoms with van der Waals surface area (Å²) < 4.78 is 5.22. The van der Waals surface area contributed by atoms with Gasteiger partial charge in [0.1, 0.15) is 0 Å². The molecule has 1 aromatic rings. The number of rotatable bonds is 2. The lowest BCUT2D eigenvalue weighted by atomic mass is 10.1. The molecule has 0 atom stereocenters. The number of hydrogen-bond donors (Lipinski definition) is 2. The third kappa shape index (κ3) is 1.69. The number of hydrogen-bond acceptors (Lipinski definition) is 3. The lowest BCUT2D eigenvalue weighted by Crippen LogP contribution is -1.96. The highest BCUT2D eigenvalue weighted by atomic mass is 16.5. The first kappa shape index (κ1) is 9.71. The summed E-state index contributed by atoms with van der Waals surface area (Å²) >= 11 is 0. The van der Waals surface area contributed by atoms with Gasteiger partial charge in [0.05, 0.1) is 6.61 Å². The fraction of sp³-hybridized carbons (Fsp3) is 0.400. The van der Waals surface area contributed by atoms with Crippen molar-refractivity contribution in [2.75, 3.05) is 6.61 Å². The fourth-order valence-corrected chi connectivity index (χ4v) is 1.18. The molecule has 0 radical (unpaired) electrons. The third-order valence-corrected chi connectivity index (χ3v) is 2.03. The second-order valence-corrected chi connectivity index (χ2v) is 2.95. The summed E-state index contributed by atoms with van der Waals surface area (Å²) in [5, 5.41) is 18.8. The maximum absolute atomic E-state index is 9.46. The number of benzene rings is 1. The van der Waals surface area contributed by atoms with Gasteiger partial charge in [-0.1, -0.05) is 0 Å². The van der Waals surface area contributed by atoms with Crippen LogP contribution in [0.1, 0.15) is 18.1 Å². The monoisotopic (exact) mass is 182 g/mol. The summed E-state index contributed by atoms with van der Waals surface area (Å²) in [5.74, 6) is 0.0662. The minimum absolute atomic E-state index is 0.133. The highest BCUT2D eigenvalue weighted by Gasteiger charge is 2.12. The zero-order chi connectivity index (χ0) is 10.0. The van der Waals surface area contributed by atoms with Crippen molar-refractivity contribution < 1.29 is 14.9 Å². The van der Waals surface area contributed by atoms with Crippen LogP contribution in [0.15, 0.2) is 6.07 Å². The van der Waals surface area contributed by atoms with Crippen molar-refractivity contribution in [2.45, 2.75) is 20.8 Å². The van der Waals surface area contributed by atoms with Gasteiger partial charge in [-0.05, 0) is 38.0 Å². The van der Waals surface area contributed by atoms with E-state index in [9.17, 15) is 10.2 Å². The van der Waals surface area contributed by atoms with Crippen LogP contribution in [-0.2, 0) is 0 Å². The van der Waals surface area contributed by atoms with Crippen molar-refractivity contribution in [2.24, 2.45) is 0 Å². The minimum atomic E-state index is -0.176. The number of phenols is 2. The molecule has 0 aliphatic heterocycles. The first-order valence-electron chi connectivity index (χ1n) is 4.22. The van der Waals surface area contributed by atoms with E-state index < -0.39 is 0 Å². The molecule has 3 heteroatoms. The highest BCUT2D eigenvalue weighted by molar-refractivity contribution is 5.56. The van der Waals surface area contributed by atoms with Gasteiger partial charge in [-0.15, -0.1) is 0 Å². The topological polar surface area (TPSA) is 49.7 Å². The lowest BCUT2D eigenvalue weighted by Gasteiger charge is -2.12. The number of aryl methyl sites for hydroxylation is 1. The Kier molecular flexibility index (Phi) is 2.66. The van der Waals surface area contributed by atoms with Crippen LogP contribution in [-0.4, -0.2) is 16.8 Å². The van der Waals surface area contributed by atoms with Crippen molar-refractivity contribution in [3.05, 3.63) is 17.2 Å². The van der Waals surface area contributed by atoms with Gasteiger partial charge in [0, 0.05) is 0 Å². The quantitative estimate of drug-likeness (QED) is 0.689. The van der Waals surface area contributed by atoms with Gasteiger partial charge in [-0.2, -0.15) is 0 Å². The van der Waals surface area contributed by atoms with E-state index in [0.29, 0.717) is 12.4 Å². The van der Waals surface area contributed by atoms with Crippen LogP contribution in [0.4, 0.5) is 0 Å². The molecule has 0 saturated carbocycles. The zero-order valence-electron chi connectivity index (χ0n) is 8.09. The Balaban J connectivity index is 3.28. The van der Waals surface area contributed by atoms with Crippen LogP contribution in [0.25, 0.3) is 0 Å². The first-order valence-corrected chi connectivity index (χ1v) is 4.22. The molecule has 3 nitrogen and oxygen atoms in total. The Hall–Kier alpha value is -1.38. The summed E-state index contributed by atoms with van der Waals surface area (Å²) in [4.78, 5) is 0. The average molecular weight is 182 g/mol. The molecule has 2 N–H and O–H groups in total. The molecule has 0 saturated heterocycles. The normalized spacial score (nSPS) is 10.1. The predicted octanol–water partition coefficient (Wildman–Crippen LogP) is 2.11. The van der Waals surface area contributed by atoms with E-state index in [-0.39, 0.29) is 11.5 Å². The third-order valence-electron chi connectivity index (χ3n) is 2.03. The van der Waals surface area contributed by atoms with Crippen molar-refractivity contribution in [1.82, 2.24) is 0 Å². The number of aromatic hydroxyl groups is 2. The Bertz CT molecular complexity index is 292. The van der Waals surface area contributed by atoms with Gasteiger partial charge in [0.15, 0.2) is 11.5 Å². The maximum Gasteiger partial charge on any atom is 0.200 e. The predicted molar refractivity (Wildman–Crippen MR) is 50.4 cm³/mol. The van der Waals surface area contributed by atoms with Crippen LogP contribution in [0.5, 0.6) is 17.2 Å². The van der Waals surface area contributed by atoms with Crippen molar-refractivity contribution in [3.8, 4) is 17.2 Å². The molecule has 0 fully saturated rings. The van der Waals surface area contributed by atoms with Crippen LogP contribution >= 0.6 is 0 Å². The summed E-state index contributed by atoms with van der Waals surface area (Å²) in [5.41, 5.74) is 1.76. The molecule has 0 unspecified atom stereocenters. The highest BCUT2D eigenvalue weighted by Crippen LogP contribution is 2.39. The summed E-state index contributed by atoms with van der Waals surface area (Å²) in [6.07, 6.45) is 0. The summed E-state index contributed by atoms with van der Waals surface area (Å²) in [6.45, 7) is 6.01. The van der Waals surface area contributed by atoms with Gasteiger partial charge < -0.3 is 14.9 Å². The van der Waals surface area contributed by atoms with Crippen molar-refractivity contribution in [1.29, 1.82) is 0 Å². The summed E-state index contributed by atoms with van der Waals surface area (Å²) in [7, 11) is 0. The Labute approximate surface area is 77.6 Å². The minimum Gasteiger partial charge on any atom is -0.504 e. The average Bonchev–Trinajstić information content (AvgIpc) is 2.09. The van der Waals surface area contributed by atoms with E-state index in [1.807, 2.05) is 20.8 Å². The molecular weight excluding hydrogens is 168 g/mol. The molecule has 0 amide bonds. The Morgan fingerprint density at radius 2 is 1.92 bits per heavy atom. The standard InChI is InChI=1S/C10H14O3/c1-4-13-10-7(3)6(2)5-8(11)9(10)12/h5,11-12H,4H2,1-3H3. The van der Waals surface area contributed by atoms with Crippen LogP contribution in [0.2, 0.25) is 0 Å². The lowest BCUT2D eigenvalue weighted by molar-refractivity contribution is 0.306. The molecule has 0 spiro atoms. The van der Waals surface area contributed by atoms with E-state index >= 15 is 0 Å². The molecule has 0 aliphatic carbocycles. The second kappa shape index (κ2) is 3.56. The van der Waals surface area contributed by atoms with E-state index in [1.54, 1.807) is 0 Å². The number of ether oxygens (including phenoxy) is 1. The molecule has 1 rings (SSSR count). The molecular formula is C10H14O3. The molecule has 0 heterocycles. The second-order valence-electron chi connectivity index (χ2n) is 2.95. The number of phenolic OH excluding ortho intramolecular Hbond substituents is 2. The molecule has 13 heavy (non-hydrogen) atoms.